The normalized spacial score (nSPS) is 31.8. The van der Waals surface area contributed by atoms with Gasteiger partial charge in [-0.25, -0.2) is 0 Å². The first-order valence-corrected chi connectivity index (χ1v) is 6.64. The molecule has 2 fully saturated rings. The summed E-state index contributed by atoms with van der Waals surface area (Å²) in [5, 5.41) is 3.65. The summed E-state index contributed by atoms with van der Waals surface area (Å²) in [6.45, 7) is 11.0. The summed E-state index contributed by atoms with van der Waals surface area (Å²) in [7, 11) is 0. The first-order chi connectivity index (χ1) is 7.16. The van der Waals surface area contributed by atoms with Gasteiger partial charge in [-0.15, -0.1) is 0 Å². The second kappa shape index (κ2) is 4.84. The maximum atomic E-state index is 3.65. The van der Waals surface area contributed by atoms with Crippen LogP contribution in [0.5, 0.6) is 0 Å². The van der Waals surface area contributed by atoms with Crippen LogP contribution in [-0.2, 0) is 0 Å². The van der Waals surface area contributed by atoms with E-state index in [1.807, 2.05) is 0 Å². The van der Waals surface area contributed by atoms with Gasteiger partial charge in [-0.05, 0) is 51.1 Å². The Hall–Kier alpha value is -0.0800. The minimum absolute atomic E-state index is 0.751. The maximum Gasteiger partial charge on any atom is 0.0105 e. The van der Waals surface area contributed by atoms with Crippen molar-refractivity contribution in [2.45, 2.75) is 52.1 Å². The fourth-order valence-electron chi connectivity index (χ4n) is 2.51. The fraction of sp³-hybridized carbons (Fsp3) is 1.00. The van der Waals surface area contributed by atoms with Gasteiger partial charge in [-0.3, -0.25) is 0 Å². The Morgan fingerprint density at radius 3 is 2.53 bits per heavy atom. The second-order valence-electron chi connectivity index (χ2n) is 5.79. The molecule has 2 nitrogen and oxygen atoms in total. The molecule has 0 aromatic rings. The minimum Gasteiger partial charge on any atom is -0.314 e. The number of nitrogens with one attached hydrogen (secondary N) is 1. The monoisotopic (exact) mass is 210 g/mol. The molecule has 0 aromatic heterocycles. The van der Waals surface area contributed by atoms with E-state index in [4.69, 9.17) is 0 Å². The lowest BCUT2D eigenvalue weighted by molar-refractivity contribution is 0.190. The van der Waals surface area contributed by atoms with E-state index in [0.717, 1.165) is 23.9 Å². The average molecular weight is 210 g/mol. The second-order valence-corrected chi connectivity index (χ2v) is 5.79. The van der Waals surface area contributed by atoms with Gasteiger partial charge in [0.05, 0.1) is 0 Å². The third kappa shape index (κ3) is 3.18. The van der Waals surface area contributed by atoms with Crippen molar-refractivity contribution in [3.05, 3.63) is 0 Å². The van der Waals surface area contributed by atoms with Crippen LogP contribution >= 0.6 is 0 Å². The molecule has 1 aliphatic heterocycles. The molecule has 1 aliphatic carbocycles. The maximum absolute atomic E-state index is 3.65. The number of rotatable bonds is 5. The van der Waals surface area contributed by atoms with Gasteiger partial charge in [0.25, 0.3) is 0 Å². The van der Waals surface area contributed by atoms with E-state index in [-0.39, 0.29) is 0 Å². The first kappa shape index (κ1) is 11.4. The van der Waals surface area contributed by atoms with Crippen LogP contribution in [0.15, 0.2) is 0 Å². The highest BCUT2D eigenvalue weighted by molar-refractivity contribution is 4.85. The van der Waals surface area contributed by atoms with Crippen molar-refractivity contribution in [1.29, 1.82) is 0 Å². The molecule has 1 saturated carbocycles. The summed E-state index contributed by atoms with van der Waals surface area (Å²) < 4.78 is 0. The van der Waals surface area contributed by atoms with Crippen LogP contribution in [0.1, 0.15) is 40.0 Å². The Bertz CT molecular complexity index is 201. The number of hydrogen-bond donors (Lipinski definition) is 1. The zero-order chi connectivity index (χ0) is 10.8. The van der Waals surface area contributed by atoms with Gasteiger partial charge in [0.15, 0.2) is 0 Å². The summed E-state index contributed by atoms with van der Waals surface area (Å²) >= 11 is 0. The van der Waals surface area contributed by atoms with Crippen molar-refractivity contribution in [2.24, 2.45) is 11.8 Å². The Kier molecular flexibility index (Phi) is 3.68. The molecule has 0 bridgehead atoms. The van der Waals surface area contributed by atoms with Crippen molar-refractivity contribution in [3.8, 4) is 0 Å². The largest absolute Gasteiger partial charge is 0.314 e. The summed E-state index contributed by atoms with van der Waals surface area (Å²) in [4.78, 5) is 2.67. The molecular formula is C13H26N2. The van der Waals surface area contributed by atoms with Crippen LogP contribution in [0.4, 0.5) is 0 Å². The third-order valence-electron chi connectivity index (χ3n) is 4.16. The van der Waals surface area contributed by atoms with E-state index in [1.165, 1.54) is 38.9 Å². The lowest BCUT2D eigenvalue weighted by atomic mass is 10.0. The summed E-state index contributed by atoms with van der Waals surface area (Å²) in [5.74, 6) is 1.70. The highest BCUT2D eigenvalue weighted by Gasteiger charge is 2.27. The smallest absolute Gasteiger partial charge is 0.0105 e. The van der Waals surface area contributed by atoms with Crippen LogP contribution in [0.3, 0.4) is 0 Å². The lowest BCUT2D eigenvalue weighted by Crippen LogP contribution is -2.40. The van der Waals surface area contributed by atoms with Crippen LogP contribution in [0, 0.1) is 11.8 Å². The molecule has 1 N–H and O–H groups in total. The molecule has 0 aromatic carbocycles. The molecule has 1 heterocycles. The van der Waals surface area contributed by atoms with Crippen molar-refractivity contribution in [3.63, 3.8) is 0 Å². The molecule has 1 saturated heterocycles. The first-order valence-electron chi connectivity index (χ1n) is 6.64. The van der Waals surface area contributed by atoms with Gasteiger partial charge in [0.1, 0.15) is 0 Å². The van der Waals surface area contributed by atoms with Crippen LogP contribution in [-0.4, -0.2) is 36.6 Å². The van der Waals surface area contributed by atoms with Gasteiger partial charge in [-0.2, -0.15) is 0 Å². The molecular weight excluding hydrogens is 184 g/mol. The van der Waals surface area contributed by atoms with E-state index in [9.17, 15) is 0 Å². The van der Waals surface area contributed by atoms with Gasteiger partial charge in [-0.1, -0.05) is 13.8 Å². The van der Waals surface area contributed by atoms with Gasteiger partial charge < -0.3 is 10.2 Å². The number of nitrogens with zero attached hydrogens (tertiary/aromatic N) is 1. The molecule has 3 atom stereocenters. The molecule has 88 valence electrons. The molecule has 0 spiro atoms. The van der Waals surface area contributed by atoms with E-state index in [1.54, 1.807) is 0 Å². The number of likely N-dealkylation sites (tertiary alicyclic amines) is 1. The van der Waals surface area contributed by atoms with Crippen molar-refractivity contribution in [1.82, 2.24) is 10.2 Å². The van der Waals surface area contributed by atoms with Gasteiger partial charge in [0, 0.05) is 18.6 Å². The van der Waals surface area contributed by atoms with Crippen molar-refractivity contribution >= 4 is 0 Å². The molecule has 15 heavy (non-hydrogen) atoms. The molecule has 2 aliphatic rings. The molecule has 3 unspecified atom stereocenters. The molecule has 2 rings (SSSR count). The third-order valence-corrected chi connectivity index (χ3v) is 4.16. The van der Waals surface area contributed by atoms with E-state index in [2.05, 4.69) is 31.0 Å². The molecule has 0 radical (unpaired) electrons. The Balaban J connectivity index is 1.70. The zero-order valence-corrected chi connectivity index (χ0v) is 10.5. The standard InChI is InChI=1S/C13H26N2/c1-10-6-7-15(9-10)12(3)11(2)8-14-13-4-5-13/h10-14H,4-9H2,1-3H3. The predicted molar refractivity (Wildman–Crippen MR) is 65.0 cm³/mol. The topological polar surface area (TPSA) is 15.3 Å². The highest BCUT2D eigenvalue weighted by Crippen LogP contribution is 2.23. The van der Waals surface area contributed by atoms with E-state index >= 15 is 0 Å². The Labute approximate surface area is 94.4 Å². The SMILES string of the molecule is CC1CCN(C(C)C(C)CNC2CC2)C1. The minimum atomic E-state index is 0.751. The highest BCUT2D eigenvalue weighted by atomic mass is 15.2. The summed E-state index contributed by atoms with van der Waals surface area (Å²) in [5.41, 5.74) is 0. The molecule has 0 amide bonds. The summed E-state index contributed by atoms with van der Waals surface area (Å²) in [6.07, 6.45) is 4.21. The van der Waals surface area contributed by atoms with Gasteiger partial charge in [0.2, 0.25) is 0 Å². The van der Waals surface area contributed by atoms with Crippen molar-refractivity contribution in [2.75, 3.05) is 19.6 Å². The number of hydrogen-bond acceptors (Lipinski definition) is 2. The molecule has 2 heteroatoms. The lowest BCUT2D eigenvalue weighted by Gasteiger charge is -2.29. The predicted octanol–water partition coefficient (Wildman–Crippen LogP) is 2.10. The van der Waals surface area contributed by atoms with Crippen molar-refractivity contribution < 1.29 is 0 Å². The Morgan fingerprint density at radius 2 is 2.00 bits per heavy atom. The zero-order valence-electron chi connectivity index (χ0n) is 10.5. The van der Waals surface area contributed by atoms with Crippen LogP contribution in [0.2, 0.25) is 0 Å². The Morgan fingerprint density at radius 1 is 1.27 bits per heavy atom. The van der Waals surface area contributed by atoms with Crippen LogP contribution < -0.4 is 5.32 Å². The van der Waals surface area contributed by atoms with E-state index in [0.29, 0.717) is 0 Å². The van der Waals surface area contributed by atoms with E-state index < -0.39 is 0 Å². The van der Waals surface area contributed by atoms with Gasteiger partial charge >= 0.3 is 0 Å². The quantitative estimate of drug-likeness (QED) is 0.747. The average Bonchev–Trinajstić information content (AvgIpc) is 2.95. The van der Waals surface area contributed by atoms with Crippen LogP contribution in [0.25, 0.3) is 0 Å². The fourth-order valence-corrected chi connectivity index (χ4v) is 2.51. The summed E-state index contributed by atoms with van der Waals surface area (Å²) in [6, 6.07) is 1.61.